The Morgan fingerprint density at radius 2 is 1.69 bits per heavy atom. The van der Waals surface area contributed by atoms with Crippen LogP contribution >= 0.6 is 23.2 Å². The number of nitrogens with zero attached hydrogens (tertiary/aromatic N) is 3. The van der Waals surface area contributed by atoms with Gasteiger partial charge in [-0.05, 0) is 37.1 Å². The third-order valence-corrected chi connectivity index (χ3v) is 9.15. The molecule has 2 aromatic carbocycles. The van der Waals surface area contributed by atoms with E-state index in [-0.39, 0.29) is 17.5 Å². The number of nitrogens with one attached hydrogen (secondary N) is 3. The monoisotopic (exact) mass is 686 g/mol. The van der Waals surface area contributed by atoms with Gasteiger partial charge in [0.25, 0.3) is 5.56 Å². The van der Waals surface area contributed by atoms with E-state index in [1.807, 2.05) is 60.7 Å². The lowest BCUT2D eigenvalue weighted by molar-refractivity contribution is -0.119. The summed E-state index contributed by atoms with van der Waals surface area (Å²) in [6.45, 7) is 3.58. The van der Waals surface area contributed by atoms with Gasteiger partial charge in [0, 0.05) is 84.4 Å². The first-order chi connectivity index (χ1) is 23.2. The molecule has 48 heavy (non-hydrogen) atoms. The smallest absolute Gasteiger partial charge is 0.262 e. The molecule has 248 valence electrons. The van der Waals surface area contributed by atoms with Crippen molar-refractivity contribution in [3.63, 3.8) is 0 Å². The van der Waals surface area contributed by atoms with E-state index in [4.69, 9.17) is 32.9 Å². The Kier molecular flexibility index (Phi) is 10.4. The number of pyridine rings is 2. The molecule has 10 nitrogen and oxygen atoms in total. The molecule has 3 aromatic heterocycles. The van der Waals surface area contributed by atoms with E-state index in [1.165, 1.54) is 4.40 Å². The maximum Gasteiger partial charge on any atom is 0.262 e. The average Bonchev–Trinajstić information content (AvgIpc) is 3.50. The number of benzene rings is 2. The second-order valence-corrected chi connectivity index (χ2v) is 12.6. The molecule has 1 amide bonds. The first-order valence-corrected chi connectivity index (χ1v) is 16.5. The molecular weight excluding hydrogens is 651 g/mol. The van der Waals surface area contributed by atoms with Gasteiger partial charge >= 0.3 is 0 Å². The minimum Gasteiger partial charge on any atom is -0.481 e. The predicted molar refractivity (Wildman–Crippen MR) is 188 cm³/mol. The largest absolute Gasteiger partial charge is 0.481 e. The molecule has 5 aromatic rings. The minimum atomic E-state index is -0.513. The first-order valence-electron chi connectivity index (χ1n) is 15.7. The minimum absolute atomic E-state index is 0.0925. The van der Waals surface area contributed by atoms with Crippen molar-refractivity contribution in [1.82, 2.24) is 30.3 Å². The zero-order valence-electron chi connectivity index (χ0n) is 26.6. The molecule has 1 aliphatic rings. The van der Waals surface area contributed by atoms with Crippen molar-refractivity contribution in [2.24, 2.45) is 0 Å². The van der Waals surface area contributed by atoms with Crippen molar-refractivity contribution in [1.29, 1.82) is 0 Å². The summed E-state index contributed by atoms with van der Waals surface area (Å²) in [5.41, 5.74) is 6.15. The number of hydrogen-bond acceptors (Lipinski definition) is 8. The van der Waals surface area contributed by atoms with E-state index in [2.05, 4.69) is 20.9 Å². The molecule has 2 atom stereocenters. The van der Waals surface area contributed by atoms with Gasteiger partial charge in [-0.25, -0.2) is 9.97 Å². The number of aliphatic hydroxyl groups excluding tert-OH is 1. The number of rotatable bonds is 12. The fourth-order valence-electron chi connectivity index (χ4n) is 5.86. The lowest BCUT2D eigenvalue weighted by Gasteiger charge is -2.16. The fraction of sp³-hybridized carbons (Fsp3) is 0.278. The van der Waals surface area contributed by atoms with Crippen LogP contribution in [0.15, 0.2) is 77.9 Å². The van der Waals surface area contributed by atoms with Crippen molar-refractivity contribution < 1.29 is 14.6 Å². The van der Waals surface area contributed by atoms with Crippen LogP contribution in [0.5, 0.6) is 5.88 Å². The van der Waals surface area contributed by atoms with Crippen LogP contribution in [0.25, 0.3) is 39.2 Å². The van der Waals surface area contributed by atoms with Crippen LogP contribution in [0.1, 0.15) is 30.9 Å². The van der Waals surface area contributed by atoms with Crippen molar-refractivity contribution in [2.75, 3.05) is 20.2 Å². The zero-order valence-corrected chi connectivity index (χ0v) is 28.1. The number of ether oxygens (including phenoxy) is 1. The molecule has 1 fully saturated rings. The van der Waals surface area contributed by atoms with Gasteiger partial charge in [-0.3, -0.25) is 14.0 Å². The van der Waals surface area contributed by atoms with E-state index in [0.29, 0.717) is 65.4 Å². The van der Waals surface area contributed by atoms with Crippen molar-refractivity contribution in [2.45, 2.75) is 45.0 Å². The van der Waals surface area contributed by atoms with Crippen LogP contribution in [0, 0.1) is 0 Å². The normalized spacial score (nSPS) is 15.1. The third kappa shape index (κ3) is 7.23. The summed E-state index contributed by atoms with van der Waals surface area (Å²) in [6.07, 6.45) is 4.13. The summed E-state index contributed by atoms with van der Waals surface area (Å²) < 4.78 is 7.13. The second-order valence-electron chi connectivity index (χ2n) is 11.8. The summed E-state index contributed by atoms with van der Waals surface area (Å²) in [7, 11) is 1.59. The van der Waals surface area contributed by atoms with E-state index in [0.717, 1.165) is 39.8 Å². The van der Waals surface area contributed by atoms with Gasteiger partial charge in [-0.1, -0.05) is 65.7 Å². The summed E-state index contributed by atoms with van der Waals surface area (Å²) in [6, 6.07) is 19.2. The number of carbonyl (C=O) groups excluding carboxylic acids is 1. The number of hydrogen-bond donors (Lipinski definition) is 4. The quantitative estimate of drug-likeness (QED) is 0.140. The highest BCUT2D eigenvalue weighted by Gasteiger charge is 2.21. The van der Waals surface area contributed by atoms with Crippen molar-refractivity contribution in [3.05, 3.63) is 105 Å². The molecule has 0 unspecified atom stereocenters. The maximum absolute atomic E-state index is 13.1. The van der Waals surface area contributed by atoms with Gasteiger partial charge in [0.2, 0.25) is 11.8 Å². The Morgan fingerprint density at radius 3 is 2.40 bits per heavy atom. The zero-order chi connectivity index (χ0) is 33.8. The summed E-state index contributed by atoms with van der Waals surface area (Å²) in [5, 5.41) is 19.9. The highest BCUT2D eigenvalue weighted by Crippen LogP contribution is 2.42. The van der Waals surface area contributed by atoms with E-state index in [9.17, 15) is 14.7 Å². The van der Waals surface area contributed by atoms with E-state index >= 15 is 0 Å². The summed E-state index contributed by atoms with van der Waals surface area (Å²) >= 11 is 14.1. The molecule has 0 saturated carbocycles. The van der Waals surface area contributed by atoms with Gasteiger partial charge in [0.1, 0.15) is 5.65 Å². The van der Waals surface area contributed by atoms with Gasteiger partial charge in [0.05, 0.1) is 29.0 Å². The lowest BCUT2D eigenvalue weighted by Crippen LogP contribution is -2.35. The van der Waals surface area contributed by atoms with Crippen LogP contribution in [-0.2, 0) is 17.9 Å². The van der Waals surface area contributed by atoms with E-state index < -0.39 is 6.10 Å². The molecule has 0 spiro atoms. The Morgan fingerprint density at radius 1 is 0.979 bits per heavy atom. The summed E-state index contributed by atoms with van der Waals surface area (Å²) in [4.78, 5) is 33.8. The molecule has 0 radical (unpaired) electrons. The molecule has 1 saturated heterocycles. The third-order valence-electron chi connectivity index (χ3n) is 8.33. The average molecular weight is 688 g/mol. The molecule has 4 heterocycles. The lowest BCUT2D eigenvalue weighted by atomic mass is 9.97. The van der Waals surface area contributed by atoms with Gasteiger partial charge < -0.3 is 25.8 Å². The molecule has 1 aliphatic heterocycles. The second kappa shape index (κ2) is 14.8. The van der Waals surface area contributed by atoms with Crippen LogP contribution in [-0.4, -0.2) is 57.7 Å². The molecule has 4 N–H and O–H groups in total. The van der Waals surface area contributed by atoms with Gasteiger partial charge in [-0.15, -0.1) is 0 Å². The van der Waals surface area contributed by atoms with Gasteiger partial charge in [0.15, 0.2) is 0 Å². The Labute approximate surface area is 288 Å². The Balaban J connectivity index is 1.25. The predicted octanol–water partition coefficient (Wildman–Crippen LogP) is 5.24. The Bertz CT molecular complexity index is 2030. The van der Waals surface area contributed by atoms with Crippen molar-refractivity contribution >= 4 is 34.8 Å². The highest BCUT2D eigenvalue weighted by molar-refractivity contribution is 6.39. The van der Waals surface area contributed by atoms with Crippen LogP contribution in [0.4, 0.5) is 0 Å². The summed E-state index contributed by atoms with van der Waals surface area (Å²) in [5.74, 6) is 0.582. The van der Waals surface area contributed by atoms with Crippen LogP contribution in [0.3, 0.4) is 0 Å². The van der Waals surface area contributed by atoms with E-state index in [1.54, 1.807) is 26.4 Å². The number of halogens is 2. The Hall–Kier alpha value is -4.32. The highest BCUT2D eigenvalue weighted by atomic mass is 35.5. The maximum atomic E-state index is 13.1. The van der Waals surface area contributed by atoms with Gasteiger partial charge in [-0.2, -0.15) is 0 Å². The SMILES string of the molecule is COc1nc(-c2cccc(-c3cccc(-c4ccn5c(=O)c(CNC[C@H](C)O)cnc5c4)c3Cl)c2Cl)ccc1CNC[C@@H]1CCC(=O)N1. The molecule has 0 bridgehead atoms. The number of aliphatic hydroxyl groups is 1. The fourth-order valence-corrected chi connectivity index (χ4v) is 6.52. The number of methoxy groups -OCH3 is 1. The molecule has 6 rings (SSSR count). The molecular formula is C36H36Cl2N6O4. The molecule has 0 aliphatic carbocycles. The molecule has 12 heteroatoms. The number of amides is 1. The topological polar surface area (TPSA) is 130 Å². The first kappa shape index (κ1) is 33.6. The van der Waals surface area contributed by atoms with Crippen LogP contribution in [0.2, 0.25) is 10.0 Å². The standard InChI is InChI=1S/C36H36Cl2N6O4/c1-21(45)16-39-18-24-19-41-31-15-22(13-14-44(31)36(24)47)26-5-3-6-27(33(26)37)28-7-4-8-29(34(28)38)30-11-9-23(35(43-30)48-2)17-40-20-25-10-12-32(46)42-25/h3-9,11,13-15,19,21,25,39-40,45H,10,12,16-18,20H2,1-2H3,(H,42,46)/t21-,25-/m0/s1. The van der Waals surface area contributed by atoms with Crippen LogP contribution < -0.4 is 26.2 Å². The number of fused-ring (bicyclic) bond motifs is 1. The number of aromatic nitrogens is 3. The number of carbonyl (C=O) groups is 1. The van der Waals surface area contributed by atoms with Crippen molar-refractivity contribution in [3.8, 4) is 39.4 Å².